The highest BCUT2D eigenvalue weighted by Gasteiger charge is 2.55. The number of nitrogens with two attached hydrogens (primary N) is 1. The third-order valence-electron chi connectivity index (χ3n) is 7.39. The van der Waals surface area contributed by atoms with Gasteiger partial charge in [0.25, 0.3) is 0 Å². The zero-order chi connectivity index (χ0) is 23.4. The van der Waals surface area contributed by atoms with Gasteiger partial charge in [0.2, 0.25) is 0 Å². The second-order valence-corrected chi connectivity index (χ2v) is 9.53. The number of hydrogen-bond acceptors (Lipinski definition) is 2. The van der Waals surface area contributed by atoms with Gasteiger partial charge in [-0.2, -0.15) is 0 Å². The Balaban J connectivity index is 0.000000169. The largest absolute Gasteiger partial charge is 0.496 e. The molecule has 1 heterocycles. The summed E-state index contributed by atoms with van der Waals surface area (Å²) in [6, 6.07) is 28.9. The molecule has 1 fully saturated rings. The molecule has 170 valence electrons. The van der Waals surface area contributed by atoms with Crippen LogP contribution in [-0.2, 0) is 4.74 Å². The molecule has 3 aromatic carbocycles. The summed E-state index contributed by atoms with van der Waals surface area (Å²) in [5.41, 5.74) is 12.0. The molecule has 0 saturated carbocycles. The fraction of sp³-hybridized carbons (Fsp3) is 0.188. The lowest BCUT2D eigenvalue weighted by molar-refractivity contribution is 0.182. The van der Waals surface area contributed by atoms with Gasteiger partial charge in [-0.15, -0.1) is 0 Å². The van der Waals surface area contributed by atoms with Crippen molar-refractivity contribution in [3.05, 3.63) is 133 Å². The first-order chi connectivity index (χ1) is 16.6. The smallest absolute Gasteiger partial charge is 0.103 e. The highest BCUT2D eigenvalue weighted by molar-refractivity contribution is 5.72. The van der Waals surface area contributed by atoms with Gasteiger partial charge in [0, 0.05) is 16.5 Å². The van der Waals surface area contributed by atoms with Crippen LogP contribution >= 0.6 is 0 Å². The molecule has 1 aliphatic heterocycles. The van der Waals surface area contributed by atoms with Gasteiger partial charge in [0.1, 0.15) is 5.76 Å². The Kier molecular flexibility index (Phi) is 5.98. The van der Waals surface area contributed by atoms with E-state index in [4.69, 9.17) is 10.5 Å². The molecular formula is C32H31NO. The standard InChI is InChI=1S/C20H21NO.C12H10/c1-19-13-16(15-6-5-7-17(21)12-15)8-9-18(19)22-14-20(19)10-3-2-4-11-20;1-3-7-11(8-4-1)12-9-5-2-6-10-12/h2-10,12H,11,13-14,21H2,1H3;1-10H. The monoisotopic (exact) mass is 445 g/mol. The van der Waals surface area contributed by atoms with Crippen molar-refractivity contribution in [1.82, 2.24) is 0 Å². The summed E-state index contributed by atoms with van der Waals surface area (Å²) in [4.78, 5) is 0. The Labute approximate surface area is 202 Å². The minimum absolute atomic E-state index is 0.0168. The van der Waals surface area contributed by atoms with Crippen LogP contribution in [0, 0.1) is 10.8 Å². The fourth-order valence-corrected chi connectivity index (χ4v) is 5.26. The van der Waals surface area contributed by atoms with Gasteiger partial charge in [-0.05, 0) is 53.3 Å². The van der Waals surface area contributed by atoms with E-state index < -0.39 is 0 Å². The van der Waals surface area contributed by atoms with E-state index in [2.05, 4.69) is 104 Å². The molecule has 6 rings (SSSR count). The molecule has 1 saturated heterocycles. The highest BCUT2D eigenvalue weighted by atomic mass is 16.5. The molecule has 2 aliphatic carbocycles. The molecule has 2 atom stereocenters. The SMILES string of the molecule is CC12CC(c3cccc(N)c3)=CC=C1OCC21C=CC=CC1.c1ccc(-c2ccccc2)cc1. The second-order valence-electron chi connectivity index (χ2n) is 9.53. The van der Waals surface area contributed by atoms with Crippen molar-refractivity contribution in [2.24, 2.45) is 10.8 Å². The minimum atomic E-state index is 0.0168. The average molecular weight is 446 g/mol. The maximum Gasteiger partial charge on any atom is 0.103 e. The van der Waals surface area contributed by atoms with Gasteiger partial charge in [-0.25, -0.2) is 0 Å². The number of hydrogen-bond donors (Lipinski definition) is 1. The lowest BCUT2D eigenvalue weighted by Gasteiger charge is -2.41. The zero-order valence-corrected chi connectivity index (χ0v) is 19.7. The number of nitrogen functional groups attached to an aromatic ring is 1. The maximum absolute atomic E-state index is 6.07. The number of fused-ring (bicyclic) bond motifs is 2. The topological polar surface area (TPSA) is 35.2 Å². The van der Waals surface area contributed by atoms with Gasteiger partial charge < -0.3 is 10.5 Å². The predicted molar refractivity (Wildman–Crippen MR) is 143 cm³/mol. The highest BCUT2D eigenvalue weighted by Crippen LogP contribution is 2.60. The van der Waals surface area contributed by atoms with Crippen LogP contribution in [0.5, 0.6) is 0 Å². The summed E-state index contributed by atoms with van der Waals surface area (Å²) in [7, 11) is 0. The summed E-state index contributed by atoms with van der Waals surface area (Å²) in [6.07, 6.45) is 15.3. The van der Waals surface area contributed by atoms with Crippen molar-refractivity contribution < 1.29 is 4.74 Å². The minimum Gasteiger partial charge on any atom is -0.496 e. The molecule has 3 aromatic rings. The molecule has 0 radical (unpaired) electrons. The molecule has 34 heavy (non-hydrogen) atoms. The van der Waals surface area contributed by atoms with Gasteiger partial charge in [0.05, 0.1) is 6.61 Å². The van der Waals surface area contributed by atoms with E-state index in [9.17, 15) is 0 Å². The van der Waals surface area contributed by atoms with E-state index in [-0.39, 0.29) is 10.8 Å². The average Bonchev–Trinajstić information content (AvgIpc) is 3.16. The van der Waals surface area contributed by atoms with E-state index in [1.54, 1.807) is 0 Å². The van der Waals surface area contributed by atoms with Crippen molar-refractivity contribution in [3.63, 3.8) is 0 Å². The summed E-state index contributed by atoms with van der Waals surface area (Å²) in [6.45, 7) is 3.11. The van der Waals surface area contributed by atoms with Crippen LogP contribution < -0.4 is 5.73 Å². The zero-order valence-electron chi connectivity index (χ0n) is 19.7. The van der Waals surface area contributed by atoms with E-state index in [0.717, 1.165) is 30.9 Å². The van der Waals surface area contributed by atoms with Crippen LogP contribution in [0.4, 0.5) is 5.69 Å². The van der Waals surface area contributed by atoms with Crippen LogP contribution in [0.15, 0.2) is 127 Å². The first-order valence-electron chi connectivity index (χ1n) is 11.9. The Morgan fingerprint density at radius 3 is 2.06 bits per heavy atom. The normalized spacial score (nSPS) is 24.4. The third kappa shape index (κ3) is 4.12. The van der Waals surface area contributed by atoms with Crippen LogP contribution in [0.3, 0.4) is 0 Å². The van der Waals surface area contributed by atoms with Crippen molar-refractivity contribution in [3.8, 4) is 11.1 Å². The number of ether oxygens (including phenoxy) is 1. The molecule has 0 amide bonds. The Morgan fingerprint density at radius 2 is 1.44 bits per heavy atom. The van der Waals surface area contributed by atoms with Crippen molar-refractivity contribution in [2.45, 2.75) is 19.8 Å². The van der Waals surface area contributed by atoms with Crippen LogP contribution in [-0.4, -0.2) is 6.61 Å². The Morgan fingerprint density at radius 1 is 0.765 bits per heavy atom. The van der Waals surface area contributed by atoms with E-state index in [0.29, 0.717) is 0 Å². The quantitative estimate of drug-likeness (QED) is 0.408. The molecule has 1 spiro atoms. The number of anilines is 1. The van der Waals surface area contributed by atoms with Gasteiger partial charge in [-0.1, -0.05) is 110 Å². The molecule has 3 aliphatic rings. The van der Waals surface area contributed by atoms with E-state index in [1.165, 1.54) is 22.3 Å². The van der Waals surface area contributed by atoms with Crippen molar-refractivity contribution in [1.29, 1.82) is 0 Å². The summed E-state index contributed by atoms with van der Waals surface area (Å²) >= 11 is 0. The lowest BCUT2D eigenvalue weighted by atomic mass is 9.58. The first-order valence-corrected chi connectivity index (χ1v) is 11.9. The van der Waals surface area contributed by atoms with Crippen LogP contribution in [0.2, 0.25) is 0 Å². The fourth-order valence-electron chi connectivity index (χ4n) is 5.26. The van der Waals surface area contributed by atoms with Crippen LogP contribution in [0.1, 0.15) is 25.3 Å². The Bertz CT molecular complexity index is 1230. The van der Waals surface area contributed by atoms with Gasteiger partial charge in [0.15, 0.2) is 0 Å². The molecule has 2 unspecified atom stereocenters. The predicted octanol–water partition coefficient (Wildman–Crippen LogP) is 7.83. The number of benzene rings is 3. The second kappa shape index (κ2) is 9.23. The molecule has 2 N–H and O–H groups in total. The lowest BCUT2D eigenvalue weighted by Crippen LogP contribution is -2.37. The van der Waals surface area contributed by atoms with Gasteiger partial charge >= 0.3 is 0 Å². The number of rotatable bonds is 2. The third-order valence-corrected chi connectivity index (χ3v) is 7.39. The van der Waals surface area contributed by atoms with Crippen LogP contribution in [0.25, 0.3) is 16.7 Å². The summed E-state index contributed by atoms with van der Waals surface area (Å²) in [5.74, 6) is 1.13. The Hall–Kier alpha value is -3.78. The van der Waals surface area contributed by atoms with E-state index in [1.807, 2.05) is 24.3 Å². The van der Waals surface area contributed by atoms with Crippen molar-refractivity contribution >= 4 is 11.3 Å². The first kappa shape index (κ1) is 22.0. The number of allylic oxidation sites excluding steroid dienone is 7. The summed E-state index contributed by atoms with van der Waals surface area (Å²) < 4.78 is 6.07. The van der Waals surface area contributed by atoms with Gasteiger partial charge in [-0.3, -0.25) is 0 Å². The summed E-state index contributed by atoms with van der Waals surface area (Å²) in [5, 5.41) is 0. The molecule has 2 nitrogen and oxygen atoms in total. The maximum atomic E-state index is 6.07. The molecule has 0 aromatic heterocycles. The molecule has 0 bridgehead atoms. The van der Waals surface area contributed by atoms with E-state index >= 15 is 0 Å². The molecular weight excluding hydrogens is 414 g/mol. The van der Waals surface area contributed by atoms with Crippen molar-refractivity contribution in [2.75, 3.05) is 12.3 Å². The molecule has 2 heteroatoms.